The van der Waals surface area contributed by atoms with Crippen LogP contribution in [-0.2, 0) is 6.54 Å². The minimum Gasteiger partial charge on any atom is -0.459 e. The molecule has 0 bridgehead atoms. The Hall–Kier alpha value is -1.57. The molecule has 1 heterocycles. The predicted molar refractivity (Wildman–Crippen MR) is 99.3 cm³/mol. The number of aliphatic imine (C=N–C) groups is 1. The summed E-state index contributed by atoms with van der Waals surface area (Å²) in [5.41, 5.74) is 1.61. The summed E-state index contributed by atoms with van der Waals surface area (Å²) in [4.78, 5) is 4.46. The number of nitrogens with one attached hydrogen (secondary N) is 2. The first-order chi connectivity index (χ1) is 10.2. The van der Waals surface area contributed by atoms with Gasteiger partial charge in [-0.1, -0.05) is 6.08 Å². The Morgan fingerprint density at radius 1 is 1.41 bits per heavy atom. The second-order valence-corrected chi connectivity index (χ2v) is 4.66. The second kappa shape index (κ2) is 8.77. The Kier molecular flexibility index (Phi) is 7.37. The Bertz CT molecular complexity index is 667. The summed E-state index contributed by atoms with van der Waals surface area (Å²) in [6.07, 6.45) is 1.77. The maximum atomic E-state index is 13.3. The van der Waals surface area contributed by atoms with E-state index in [9.17, 15) is 4.39 Å². The summed E-state index contributed by atoms with van der Waals surface area (Å²) in [6, 6.07) is 4.53. The molecule has 0 aliphatic rings. The van der Waals surface area contributed by atoms with Gasteiger partial charge in [0.25, 0.3) is 0 Å². The van der Waals surface area contributed by atoms with Crippen LogP contribution in [0.2, 0.25) is 0 Å². The highest BCUT2D eigenvalue weighted by Crippen LogP contribution is 2.26. The molecule has 2 N–H and O–H groups in total. The third kappa shape index (κ3) is 4.46. The van der Waals surface area contributed by atoms with Gasteiger partial charge in [-0.05, 0) is 32.0 Å². The molecule has 0 atom stereocenters. The number of aryl methyl sites for hydroxylation is 1. The third-order valence-corrected chi connectivity index (χ3v) is 3.14. The van der Waals surface area contributed by atoms with Crippen LogP contribution in [0.1, 0.15) is 18.2 Å². The molecule has 0 amide bonds. The van der Waals surface area contributed by atoms with Crippen LogP contribution in [0.3, 0.4) is 0 Å². The molecular formula is C16H21FIN3O. The van der Waals surface area contributed by atoms with Crippen LogP contribution < -0.4 is 10.6 Å². The maximum Gasteiger partial charge on any atom is 0.191 e. The largest absolute Gasteiger partial charge is 0.459 e. The van der Waals surface area contributed by atoms with Crippen molar-refractivity contribution in [1.82, 2.24) is 10.6 Å². The van der Waals surface area contributed by atoms with Crippen molar-refractivity contribution in [2.45, 2.75) is 20.4 Å². The molecule has 22 heavy (non-hydrogen) atoms. The van der Waals surface area contributed by atoms with Crippen molar-refractivity contribution in [1.29, 1.82) is 0 Å². The van der Waals surface area contributed by atoms with Gasteiger partial charge in [-0.2, -0.15) is 0 Å². The van der Waals surface area contributed by atoms with Crippen molar-refractivity contribution in [3.05, 3.63) is 48.0 Å². The molecule has 0 saturated heterocycles. The average molecular weight is 417 g/mol. The first-order valence-electron chi connectivity index (χ1n) is 6.96. The number of furan rings is 1. The van der Waals surface area contributed by atoms with Crippen molar-refractivity contribution >= 4 is 40.9 Å². The fourth-order valence-electron chi connectivity index (χ4n) is 2.06. The minimum atomic E-state index is -0.262. The van der Waals surface area contributed by atoms with Crippen LogP contribution in [0.5, 0.6) is 0 Å². The molecule has 2 aromatic rings. The molecule has 0 spiro atoms. The molecule has 120 valence electrons. The Labute approximate surface area is 146 Å². The zero-order valence-corrected chi connectivity index (χ0v) is 15.1. The van der Waals surface area contributed by atoms with E-state index in [0.29, 0.717) is 24.6 Å². The highest BCUT2D eigenvalue weighted by Gasteiger charge is 2.11. The highest BCUT2D eigenvalue weighted by molar-refractivity contribution is 14.0. The quantitative estimate of drug-likeness (QED) is 0.337. The number of nitrogens with zero attached hydrogens (tertiary/aromatic N) is 1. The molecule has 0 saturated carbocycles. The molecule has 0 radical (unpaired) electrons. The van der Waals surface area contributed by atoms with Gasteiger partial charge >= 0.3 is 0 Å². The SMILES string of the molecule is C=CCNC(=NCc1oc2ccc(F)cc2c1C)NCC.I. The summed E-state index contributed by atoms with van der Waals surface area (Å²) < 4.78 is 19.0. The van der Waals surface area contributed by atoms with E-state index in [-0.39, 0.29) is 29.8 Å². The lowest BCUT2D eigenvalue weighted by molar-refractivity contribution is 0.547. The van der Waals surface area contributed by atoms with Crippen molar-refractivity contribution in [2.24, 2.45) is 4.99 Å². The number of rotatable bonds is 5. The van der Waals surface area contributed by atoms with Gasteiger partial charge in [-0.3, -0.25) is 0 Å². The highest BCUT2D eigenvalue weighted by atomic mass is 127. The summed E-state index contributed by atoms with van der Waals surface area (Å²) in [6.45, 7) is 9.38. The Morgan fingerprint density at radius 2 is 2.18 bits per heavy atom. The molecule has 0 unspecified atom stereocenters. The van der Waals surface area contributed by atoms with Gasteiger partial charge < -0.3 is 15.1 Å². The smallest absolute Gasteiger partial charge is 0.191 e. The first kappa shape index (κ1) is 18.5. The van der Waals surface area contributed by atoms with Crippen LogP contribution in [-0.4, -0.2) is 19.0 Å². The lowest BCUT2D eigenvalue weighted by Crippen LogP contribution is -2.37. The standard InChI is InChI=1S/C16H20FN3O.HI/c1-4-8-19-16(18-5-2)20-10-15-11(3)13-9-12(17)6-7-14(13)21-15;/h4,6-7,9H,1,5,8,10H2,2-3H3,(H2,18,19,20);1H. The molecular weight excluding hydrogens is 396 g/mol. The van der Waals surface area contributed by atoms with Crippen LogP contribution >= 0.6 is 24.0 Å². The van der Waals surface area contributed by atoms with E-state index in [1.54, 1.807) is 12.1 Å². The van der Waals surface area contributed by atoms with E-state index in [4.69, 9.17) is 4.42 Å². The number of guanidine groups is 1. The molecule has 0 aliphatic carbocycles. The third-order valence-electron chi connectivity index (χ3n) is 3.14. The molecule has 0 aliphatic heterocycles. The number of halogens is 2. The van der Waals surface area contributed by atoms with Gasteiger partial charge in [0.1, 0.15) is 23.7 Å². The summed E-state index contributed by atoms with van der Waals surface area (Å²) >= 11 is 0. The number of hydrogen-bond donors (Lipinski definition) is 2. The lowest BCUT2D eigenvalue weighted by atomic mass is 10.1. The van der Waals surface area contributed by atoms with Crippen molar-refractivity contribution in [3.63, 3.8) is 0 Å². The zero-order valence-electron chi connectivity index (χ0n) is 12.8. The van der Waals surface area contributed by atoms with Crippen LogP contribution in [0, 0.1) is 12.7 Å². The molecule has 0 fully saturated rings. The maximum absolute atomic E-state index is 13.3. The number of benzene rings is 1. The second-order valence-electron chi connectivity index (χ2n) is 4.66. The molecule has 1 aromatic carbocycles. The van der Waals surface area contributed by atoms with Crippen LogP contribution in [0.25, 0.3) is 11.0 Å². The van der Waals surface area contributed by atoms with E-state index in [2.05, 4.69) is 22.2 Å². The fraction of sp³-hybridized carbons (Fsp3) is 0.312. The summed E-state index contributed by atoms with van der Waals surface area (Å²) in [7, 11) is 0. The van der Waals surface area contributed by atoms with Gasteiger partial charge in [-0.15, -0.1) is 30.6 Å². The van der Waals surface area contributed by atoms with E-state index in [1.807, 2.05) is 13.8 Å². The predicted octanol–water partition coefficient (Wildman–Crippen LogP) is 3.74. The zero-order chi connectivity index (χ0) is 15.2. The number of fused-ring (bicyclic) bond motifs is 1. The topological polar surface area (TPSA) is 49.6 Å². The van der Waals surface area contributed by atoms with Crippen LogP contribution in [0.15, 0.2) is 40.3 Å². The fourth-order valence-corrected chi connectivity index (χ4v) is 2.06. The minimum absolute atomic E-state index is 0. The monoisotopic (exact) mass is 417 g/mol. The normalized spacial score (nSPS) is 11.1. The molecule has 1 aromatic heterocycles. The van der Waals surface area contributed by atoms with Crippen molar-refractivity contribution < 1.29 is 8.81 Å². The van der Waals surface area contributed by atoms with Gasteiger partial charge in [0.15, 0.2) is 5.96 Å². The van der Waals surface area contributed by atoms with Gasteiger partial charge in [-0.25, -0.2) is 9.38 Å². The van der Waals surface area contributed by atoms with Gasteiger partial charge in [0.2, 0.25) is 0 Å². The number of hydrogen-bond acceptors (Lipinski definition) is 2. The van der Waals surface area contributed by atoms with Crippen molar-refractivity contribution in [2.75, 3.05) is 13.1 Å². The Balaban J connectivity index is 0.00000242. The Morgan fingerprint density at radius 3 is 2.86 bits per heavy atom. The van der Waals surface area contributed by atoms with Gasteiger partial charge in [0, 0.05) is 24.0 Å². The van der Waals surface area contributed by atoms with E-state index < -0.39 is 0 Å². The summed E-state index contributed by atoms with van der Waals surface area (Å²) in [5.74, 6) is 1.18. The van der Waals surface area contributed by atoms with E-state index >= 15 is 0 Å². The lowest BCUT2D eigenvalue weighted by Gasteiger charge is -2.08. The first-order valence-corrected chi connectivity index (χ1v) is 6.96. The van der Waals surface area contributed by atoms with E-state index in [1.165, 1.54) is 12.1 Å². The van der Waals surface area contributed by atoms with Gasteiger partial charge in [0.05, 0.1) is 0 Å². The average Bonchev–Trinajstić information content (AvgIpc) is 2.78. The van der Waals surface area contributed by atoms with Crippen molar-refractivity contribution in [3.8, 4) is 0 Å². The molecule has 4 nitrogen and oxygen atoms in total. The van der Waals surface area contributed by atoms with E-state index in [0.717, 1.165) is 23.3 Å². The molecule has 6 heteroatoms. The molecule has 2 rings (SSSR count). The summed E-state index contributed by atoms with van der Waals surface area (Å²) in [5, 5.41) is 7.06. The van der Waals surface area contributed by atoms with Crippen LogP contribution in [0.4, 0.5) is 4.39 Å².